The molecule has 0 aromatic heterocycles. The molecule has 2 aliphatic rings. The van der Waals surface area contributed by atoms with Crippen LogP contribution < -0.4 is 0 Å². The second kappa shape index (κ2) is 3.76. The number of hydrogen-bond donors (Lipinski definition) is 2. The highest BCUT2D eigenvalue weighted by atomic mass is 16.3. The summed E-state index contributed by atoms with van der Waals surface area (Å²) in [6.45, 7) is 6.67. The largest absolute Gasteiger partial charge is 0.508 e. The zero-order valence-corrected chi connectivity index (χ0v) is 12.1. The van der Waals surface area contributed by atoms with Crippen LogP contribution >= 0.6 is 0 Å². The average Bonchev–Trinajstić information content (AvgIpc) is 2.78. The molecule has 3 atom stereocenters. The predicted octanol–water partition coefficient (Wildman–Crippen LogP) is 3.51. The molecule has 0 heterocycles. The van der Waals surface area contributed by atoms with Gasteiger partial charge in [0.15, 0.2) is 0 Å². The van der Waals surface area contributed by atoms with Gasteiger partial charge in [0.05, 0.1) is 5.60 Å². The fourth-order valence-corrected chi connectivity index (χ4v) is 4.75. The lowest BCUT2D eigenvalue weighted by Crippen LogP contribution is -2.55. The van der Waals surface area contributed by atoms with Gasteiger partial charge >= 0.3 is 0 Å². The van der Waals surface area contributed by atoms with E-state index in [1.165, 1.54) is 6.42 Å². The molecule has 104 valence electrons. The average molecular weight is 260 g/mol. The van der Waals surface area contributed by atoms with E-state index in [0.29, 0.717) is 12.3 Å². The van der Waals surface area contributed by atoms with Crippen molar-refractivity contribution in [3.63, 3.8) is 0 Å². The highest BCUT2D eigenvalue weighted by Crippen LogP contribution is 2.68. The molecule has 2 N–H and O–H groups in total. The Kier molecular flexibility index (Phi) is 2.57. The van der Waals surface area contributed by atoms with E-state index in [-0.39, 0.29) is 16.6 Å². The third-order valence-electron chi connectivity index (χ3n) is 6.20. The minimum absolute atomic E-state index is 0.0205. The van der Waals surface area contributed by atoms with Crippen LogP contribution in [0.2, 0.25) is 0 Å². The summed E-state index contributed by atoms with van der Waals surface area (Å²) in [4.78, 5) is 0. The molecule has 2 saturated carbocycles. The molecule has 0 amide bonds. The van der Waals surface area contributed by atoms with E-state index in [1.807, 2.05) is 12.1 Å². The molecular weight excluding hydrogens is 236 g/mol. The molecule has 2 nitrogen and oxygen atoms in total. The first-order valence-electron chi connectivity index (χ1n) is 7.29. The Morgan fingerprint density at radius 2 is 2.00 bits per heavy atom. The number of fused-ring (bicyclic) bond motifs is 2. The second-order valence-electron chi connectivity index (χ2n) is 7.43. The summed E-state index contributed by atoms with van der Waals surface area (Å²) in [5.74, 6) is 0.909. The zero-order chi connectivity index (χ0) is 13.9. The topological polar surface area (TPSA) is 40.5 Å². The molecular formula is C17H24O2. The van der Waals surface area contributed by atoms with E-state index in [2.05, 4.69) is 20.8 Å². The van der Waals surface area contributed by atoms with Gasteiger partial charge in [-0.1, -0.05) is 32.9 Å². The minimum atomic E-state index is -0.670. The Hall–Kier alpha value is -1.02. The Labute approximate surface area is 115 Å². The highest BCUT2D eigenvalue weighted by molar-refractivity contribution is 5.31. The monoisotopic (exact) mass is 260 g/mol. The van der Waals surface area contributed by atoms with E-state index in [1.54, 1.807) is 12.1 Å². The molecule has 3 rings (SSSR count). The van der Waals surface area contributed by atoms with E-state index >= 15 is 0 Å². The van der Waals surface area contributed by atoms with Gasteiger partial charge in [-0.05, 0) is 53.7 Å². The fourth-order valence-electron chi connectivity index (χ4n) is 4.75. The van der Waals surface area contributed by atoms with Crippen molar-refractivity contribution in [2.45, 2.75) is 52.1 Å². The van der Waals surface area contributed by atoms with Gasteiger partial charge in [0.2, 0.25) is 0 Å². The standard InChI is InChI=1S/C17H24O2/c1-15(2)13-7-8-16(3,11-13)17(15,19)10-12-5-4-6-14(18)9-12/h4-6,9,13,18-19H,7-8,10-11H2,1-3H3. The van der Waals surface area contributed by atoms with Crippen LogP contribution in [-0.2, 0) is 6.42 Å². The van der Waals surface area contributed by atoms with Crippen LogP contribution in [0.3, 0.4) is 0 Å². The second-order valence-corrected chi connectivity index (χ2v) is 7.43. The third kappa shape index (κ3) is 1.59. The van der Waals surface area contributed by atoms with E-state index in [4.69, 9.17) is 0 Å². The minimum Gasteiger partial charge on any atom is -0.508 e. The first-order chi connectivity index (χ1) is 8.78. The van der Waals surface area contributed by atoms with Crippen LogP contribution in [0.15, 0.2) is 24.3 Å². The van der Waals surface area contributed by atoms with Crippen LogP contribution in [0.4, 0.5) is 0 Å². The maximum absolute atomic E-state index is 11.4. The molecule has 1 aromatic carbocycles. The van der Waals surface area contributed by atoms with Gasteiger partial charge in [-0.3, -0.25) is 0 Å². The van der Waals surface area contributed by atoms with Crippen molar-refractivity contribution < 1.29 is 10.2 Å². The molecule has 3 unspecified atom stereocenters. The van der Waals surface area contributed by atoms with Gasteiger partial charge in [-0.25, -0.2) is 0 Å². The lowest BCUT2D eigenvalue weighted by Gasteiger charge is -2.51. The van der Waals surface area contributed by atoms with Crippen molar-refractivity contribution in [1.82, 2.24) is 0 Å². The third-order valence-corrected chi connectivity index (χ3v) is 6.20. The maximum Gasteiger partial charge on any atom is 0.115 e. The molecule has 2 bridgehead atoms. The zero-order valence-electron chi connectivity index (χ0n) is 12.1. The lowest BCUT2D eigenvalue weighted by atomic mass is 9.58. The summed E-state index contributed by atoms with van der Waals surface area (Å²) in [5.41, 5.74) is 0.332. The normalized spacial score (nSPS) is 39.7. The number of aromatic hydroxyl groups is 1. The first kappa shape index (κ1) is 13.0. The van der Waals surface area contributed by atoms with Gasteiger partial charge in [0, 0.05) is 6.42 Å². The summed E-state index contributed by atoms with van der Waals surface area (Å²) in [5, 5.41) is 21.0. The van der Waals surface area contributed by atoms with Gasteiger partial charge in [0.25, 0.3) is 0 Å². The van der Waals surface area contributed by atoms with Crippen LogP contribution in [0.25, 0.3) is 0 Å². The van der Waals surface area contributed by atoms with Crippen LogP contribution in [0.1, 0.15) is 45.6 Å². The van der Waals surface area contributed by atoms with E-state index < -0.39 is 5.60 Å². The van der Waals surface area contributed by atoms with Crippen LogP contribution in [0.5, 0.6) is 5.75 Å². The Morgan fingerprint density at radius 1 is 1.26 bits per heavy atom. The smallest absolute Gasteiger partial charge is 0.115 e. The Bertz CT molecular complexity index is 501. The number of benzene rings is 1. The molecule has 0 aliphatic heterocycles. The summed E-state index contributed by atoms with van der Waals surface area (Å²) >= 11 is 0. The van der Waals surface area contributed by atoms with Crippen molar-refractivity contribution in [3.05, 3.63) is 29.8 Å². The SMILES string of the molecule is CC12CCC(C1)C(C)(C)C2(O)Cc1cccc(O)c1. The molecule has 19 heavy (non-hydrogen) atoms. The molecule has 0 radical (unpaired) electrons. The van der Waals surface area contributed by atoms with E-state index in [0.717, 1.165) is 18.4 Å². The summed E-state index contributed by atoms with van der Waals surface area (Å²) in [6, 6.07) is 7.32. The lowest BCUT2D eigenvalue weighted by molar-refractivity contribution is -0.141. The number of rotatable bonds is 2. The number of phenolic OH excluding ortho intramolecular Hbond substituents is 1. The molecule has 0 saturated heterocycles. The quantitative estimate of drug-likeness (QED) is 0.854. The van der Waals surface area contributed by atoms with Crippen molar-refractivity contribution in [1.29, 1.82) is 0 Å². The molecule has 2 aliphatic carbocycles. The summed E-state index contributed by atoms with van der Waals surface area (Å²) in [6.07, 6.45) is 4.14. The summed E-state index contributed by atoms with van der Waals surface area (Å²) < 4.78 is 0. The Morgan fingerprint density at radius 3 is 2.58 bits per heavy atom. The number of aliphatic hydroxyl groups is 1. The molecule has 2 heteroatoms. The van der Waals surface area contributed by atoms with Crippen molar-refractivity contribution >= 4 is 0 Å². The van der Waals surface area contributed by atoms with Crippen LogP contribution in [-0.4, -0.2) is 15.8 Å². The van der Waals surface area contributed by atoms with Crippen molar-refractivity contribution in [2.75, 3.05) is 0 Å². The Balaban J connectivity index is 1.98. The maximum atomic E-state index is 11.4. The fraction of sp³-hybridized carbons (Fsp3) is 0.647. The number of phenols is 1. The van der Waals surface area contributed by atoms with E-state index in [9.17, 15) is 10.2 Å². The van der Waals surface area contributed by atoms with Crippen LogP contribution in [0, 0.1) is 16.7 Å². The molecule has 0 spiro atoms. The van der Waals surface area contributed by atoms with Gasteiger partial charge in [0.1, 0.15) is 5.75 Å². The first-order valence-corrected chi connectivity index (χ1v) is 7.29. The number of hydrogen-bond acceptors (Lipinski definition) is 2. The van der Waals surface area contributed by atoms with Gasteiger partial charge in [-0.2, -0.15) is 0 Å². The molecule has 1 aromatic rings. The van der Waals surface area contributed by atoms with Gasteiger partial charge < -0.3 is 10.2 Å². The van der Waals surface area contributed by atoms with Crippen molar-refractivity contribution in [2.24, 2.45) is 16.7 Å². The van der Waals surface area contributed by atoms with Crippen molar-refractivity contribution in [3.8, 4) is 5.75 Å². The predicted molar refractivity (Wildman–Crippen MR) is 76.0 cm³/mol. The highest BCUT2D eigenvalue weighted by Gasteiger charge is 2.67. The molecule has 2 fully saturated rings. The summed E-state index contributed by atoms with van der Waals surface area (Å²) in [7, 11) is 0. The van der Waals surface area contributed by atoms with Gasteiger partial charge in [-0.15, -0.1) is 0 Å².